The van der Waals surface area contributed by atoms with Gasteiger partial charge in [-0.3, -0.25) is 14.3 Å². The van der Waals surface area contributed by atoms with Crippen molar-refractivity contribution in [3.05, 3.63) is 69.2 Å². The maximum Gasteiger partial charge on any atom is 0.329 e. The second-order valence-corrected chi connectivity index (χ2v) is 11.3. The minimum atomic E-state index is -4.13. The first-order valence-electron chi connectivity index (χ1n) is 11.1. The SMILES string of the molecule is O=C(O)CC(C1CCCCC1)N(Cc1ccc(CP(=O)(O)O)cc1)Cc1ccc(Cl)c(Cl)c1. The molecule has 9 heteroatoms. The molecule has 0 saturated heterocycles. The monoisotopic (exact) mass is 513 g/mol. The number of carboxylic acid groups (broad SMARTS) is 1. The maximum absolute atomic E-state index is 11.8. The molecule has 2 aromatic carbocycles. The molecule has 3 rings (SSSR count). The fourth-order valence-electron chi connectivity index (χ4n) is 4.68. The summed E-state index contributed by atoms with van der Waals surface area (Å²) >= 11 is 12.3. The number of benzene rings is 2. The lowest BCUT2D eigenvalue weighted by Gasteiger charge is -2.38. The highest BCUT2D eigenvalue weighted by Crippen LogP contribution is 2.39. The van der Waals surface area contributed by atoms with Gasteiger partial charge in [0, 0.05) is 19.1 Å². The van der Waals surface area contributed by atoms with E-state index >= 15 is 0 Å². The van der Waals surface area contributed by atoms with Crippen LogP contribution in [0.1, 0.15) is 55.2 Å². The van der Waals surface area contributed by atoms with Crippen molar-refractivity contribution in [3.63, 3.8) is 0 Å². The summed E-state index contributed by atoms with van der Waals surface area (Å²) in [5, 5.41) is 10.6. The Kier molecular flexibility index (Phi) is 9.40. The Morgan fingerprint density at radius 1 is 0.939 bits per heavy atom. The molecule has 0 aliphatic heterocycles. The third-order valence-corrected chi connectivity index (χ3v) is 7.73. The molecular weight excluding hydrogens is 484 g/mol. The third-order valence-electron chi connectivity index (χ3n) is 6.21. The van der Waals surface area contributed by atoms with Crippen molar-refractivity contribution < 1.29 is 24.3 Å². The van der Waals surface area contributed by atoms with Crippen LogP contribution >= 0.6 is 30.8 Å². The number of hydrogen-bond acceptors (Lipinski definition) is 3. The highest BCUT2D eigenvalue weighted by molar-refractivity contribution is 7.50. The number of carbonyl (C=O) groups is 1. The Morgan fingerprint density at radius 2 is 1.52 bits per heavy atom. The standard InChI is InChI=1S/C24H30Cl2NO5P/c25-21-11-10-19(12-22(21)26)15-27(23(13-24(28)29)20-4-2-1-3-5-20)14-17-6-8-18(9-7-17)16-33(30,31)32/h6-12,20,23H,1-5,13-16H2,(H,28,29)(H2,30,31,32). The predicted molar refractivity (Wildman–Crippen MR) is 131 cm³/mol. The van der Waals surface area contributed by atoms with Crippen molar-refractivity contribution >= 4 is 36.8 Å². The van der Waals surface area contributed by atoms with Crippen LogP contribution in [0.5, 0.6) is 0 Å². The van der Waals surface area contributed by atoms with E-state index in [1.807, 2.05) is 24.3 Å². The van der Waals surface area contributed by atoms with Gasteiger partial charge in [0.1, 0.15) is 0 Å². The normalized spacial score (nSPS) is 16.2. The summed E-state index contributed by atoms with van der Waals surface area (Å²) in [4.78, 5) is 32.4. The number of nitrogens with zero attached hydrogens (tertiary/aromatic N) is 1. The zero-order chi connectivity index (χ0) is 24.0. The van der Waals surface area contributed by atoms with Gasteiger partial charge in [-0.05, 0) is 47.6 Å². The van der Waals surface area contributed by atoms with E-state index in [2.05, 4.69) is 4.90 Å². The summed E-state index contributed by atoms with van der Waals surface area (Å²) in [7, 11) is -4.13. The second-order valence-electron chi connectivity index (χ2n) is 8.86. The topological polar surface area (TPSA) is 98.1 Å². The first kappa shape index (κ1) is 26.2. The number of aliphatic carboxylic acids is 1. The molecule has 0 aromatic heterocycles. The lowest BCUT2D eigenvalue weighted by molar-refractivity contribution is -0.139. The van der Waals surface area contributed by atoms with Crippen molar-refractivity contribution in [2.75, 3.05) is 0 Å². The molecule has 180 valence electrons. The van der Waals surface area contributed by atoms with Crippen LogP contribution in [0.15, 0.2) is 42.5 Å². The van der Waals surface area contributed by atoms with E-state index in [4.69, 9.17) is 23.2 Å². The van der Waals surface area contributed by atoms with Gasteiger partial charge in [0.05, 0.1) is 22.6 Å². The summed E-state index contributed by atoms with van der Waals surface area (Å²) in [5.74, 6) is -0.520. The van der Waals surface area contributed by atoms with Crippen molar-refractivity contribution in [1.29, 1.82) is 0 Å². The molecule has 0 radical (unpaired) electrons. The Labute approximate surface area is 204 Å². The molecule has 0 spiro atoms. The van der Waals surface area contributed by atoms with E-state index in [1.165, 1.54) is 6.42 Å². The molecule has 0 heterocycles. The molecule has 3 N–H and O–H groups in total. The first-order valence-corrected chi connectivity index (χ1v) is 13.7. The molecule has 1 saturated carbocycles. The van der Waals surface area contributed by atoms with Gasteiger partial charge in [0.2, 0.25) is 0 Å². The first-order chi connectivity index (χ1) is 15.6. The van der Waals surface area contributed by atoms with Crippen LogP contribution in [0.4, 0.5) is 0 Å². The molecule has 1 fully saturated rings. The molecule has 1 aliphatic carbocycles. The summed E-state index contributed by atoms with van der Waals surface area (Å²) in [6, 6.07) is 12.5. The molecule has 0 amide bonds. The average Bonchev–Trinajstić information content (AvgIpc) is 2.75. The maximum atomic E-state index is 11.8. The van der Waals surface area contributed by atoms with Crippen LogP contribution < -0.4 is 0 Å². The molecular formula is C24H30Cl2NO5P. The van der Waals surface area contributed by atoms with Gasteiger partial charge < -0.3 is 14.9 Å². The molecule has 1 unspecified atom stereocenters. The van der Waals surface area contributed by atoms with E-state index in [-0.39, 0.29) is 18.6 Å². The Morgan fingerprint density at radius 3 is 2.09 bits per heavy atom. The minimum Gasteiger partial charge on any atom is -0.481 e. The Balaban J connectivity index is 1.88. The second kappa shape index (κ2) is 11.8. The van der Waals surface area contributed by atoms with E-state index in [1.54, 1.807) is 18.2 Å². The van der Waals surface area contributed by atoms with Crippen LogP contribution in [0, 0.1) is 5.92 Å². The molecule has 33 heavy (non-hydrogen) atoms. The van der Waals surface area contributed by atoms with Gasteiger partial charge in [0.25, 0.3) is 0 Å². The molecule has 6 nitrogen and oxygen atoms in total. The number of rotatable bonds is 10. The molecule has 0 bridgehead atoms. The zero-order valence-corrected chi connectivity index (χ0v) is 20.8. The Hall–Kier alpha value is -1.40. The number of halogens is 2. The number of carboxylic acids is 1. The summed E-state index contributed by atoms with van der Waals surface area (Å²) in [6.45, 7) is 1.04. The fourth-order valence-corrected chi connectivity index (χ4v) is 5.68. The average molecular weight is 514 g/mol. The van der Waals surface area contributed by atoms with Gasteiger partial charge >= 0.3 is 13.6 Å². The van der Waals surface area contributed by atoms with Crippen molar-refractivity contribution in [2.45, 2.75) is 63.8 Å². The van der Waals surface area contributed by atoms with E-state index < -0.39 is 13.6 Å². The fraction of sp³-hybridized carbons (Fsp3) is 0.458. The number of hydrogen-bond donors (Lipinski definition) is 3. The van der Waals surface area contributed by atoms with Crippen molar-refractivity contribution in [2.24, 2.45) is 5.92 Å². The van der Waals surface area contributed by atoms with E-state index in [0.29, 0.717) is 34.6 Å². The van der Waals surface area contributed by atoms with Crippen LogP contribution in [0.25, 0.3) is 0 Å². The smallest absolute Gasteiger partial charge is 0.329 e. The highest BCUT2D eigenvalue weighted by atomic mass is 35.5. The van der Waals surface area contributed by atoms with E-state index in [9.17, 15) is 24.3 Å². The van der Waals surface area contributed by atoms with Crippen LogP contribution in [-0.2, 0) is 28.6 Å². The van der Waals surface area contributed by atoms with Gasteiger partial charge in [-0.25, -0.2) is 0 Å². The van der Waals surface area contributed by atoms with Gasteiger partial charge in [-0.15, -0.1) is 0 Å². The third kappa shape index (κ3) is 8.40. The van der Waals surface area contributed by atoms with Gasteiger partial charge in [-0.1, -0.05) is 72.8 Å². The van der Waals surface area contributed by atoms with Gasteiger partial charge in [-0.2, -0.15) is 0 Å². The quantitative estimate of drug-likeness (QED) is 0.332. The molecule has 1 atom stereocenters. The molecule has 1 aliphatic rings. The lowest BCUT2D eigenvalue weighted by atomic mass is 9.81. The minimum absolute atomic E-state index is 0.0578. The van der Waals surface area contributed by atoms with Gasteiger partial charge in [0.15, 0.2) is 0 Å². The predicted octanol–water partition coefficient (Wildman–Crippen LogP) is 6.10. The summed E-state index contributed by atoms with van der Waals surface area (Å²) in [6.07, 6.45) is 5.18. The summed E-state index contributed by atoms with van der Waals surface area (Å²) in [5.41, 5.74) is 2.47. The van der Waals surface area contributed by atoms with E-state index in [0.717, 1.165) is 36.8 Å². The largest absolute Gasteiger partial charge is 0.481 e. The lowest BCUT2D eigenvalue weighted by Crippen LogP contribution is -2.42. The highest BCUT2D eigenvalue weighted by Gasteiger charge is 2.31. The van der Waals surface area contributed by atoms with Crippen molar-refractivity contribution in [1.82, 2.24) is 4.90 Å². The molecule has 2 aromatic rings. The van der Waals surface area contributed by atoms with Crippen molar-refractivity contribution in [3.8, 4) is 0 Å². The zero-order valence-electron chi connectivity index (χ0n) is 18.4. The van der Waals surface area contributed by atoms with Crippen LogP contribution in [0.3, 0.4) is 0 Å². The summed E-state index contributed by atoms with van der Waals surface area (Å²) < 4.78 is 11.3. The van der Waals surface area contributed by atoms with Crippen LogP contribution in [-0.4, -0.2) is 31.8 Å². The Bertz CT molecular complexity index is 989. The van der Waals surface area contributed by atoms with Crippen LogP contribution in [0.2, 0.25) is 10.0 Å².